The number of carbonyl (C=O) groups is 3. The molecule has 0 fully saturated rings. The van der Waals surface area contributed by atoms with E-state index in [1.807, 2.05) is 42.5 Å². The molecule has 1 N–H and O–H groups in total. The molecular formula is C26H21F2N3O3. The van der Waals surface area contributed by atoms with E-state index in [2.05, 4.69) is 10.3 Å². The van der Waals surface area contributed by atoms with Crippen LogP contribution in [0.15, 0.2) is 77.8 Å². The van der Waals surface area contributed by atoms with Crippen LogP contribution in [0.1, 0.15) is 28.4 Å². The Morgan fingerprint density at radius 1 is 0.971 bits per heavy atom. The van der Waals surface area contributed by atoms with Crippen LogP contribution in [0, 0.1) is 17.6 Å². The number of carbonyl (C=O) groups excluding carboxylic acids is 3. The van der Waals surface area contributed by atoms with E-state index in [0.29, 0.717) is 17.0 Å². The fourth-order valence-electron chi connectivity index (χ4n) is 3.72. The van der Waals surface area contributed by atoms with E-state index in [-0.39, 0.29) is 5.56 Å². The highest BCUT2D eigenvalue weighted by atomic mass is 19.2. The normalized spacial score (nSPS) is 16.2. The number of ketones is 1. The lowest BCUT2D eigenvalue weighted by Gasteiger charge is -2.21. The van der Waals surface area contributed by atoms with E-state index in [1.54, 1.807) is 19.2 Å². The third-order valence-corrected chi connectivity index (χ3v) is 5.66. The molecule has 4 rings (SSSR count). The van der Waals surface area contributed by atoms with Crippen molar-refractivity contribution in [2.24, 2.45) is 10.9 Å². The first kappa shape index (κ1) is 23.0. The van der Waals surface area contributed by atoms with E-state index in [1.165, 1.54) is 11.8 Å². The zero-order valence-electron chi connectivity index (χ0n) is 18.5. The monoisotopic (exact) mass is 461 g/mol. The fourth-order valence-corrected chi connectivity index (χ4v) is 3.72. The van der Waals surface area contributed by atoms with Gasteiger partial charge < -0.3 is 10.2 Å². The Kier molecular flexibility index (Phi) is 6.32. The molecule has 1 aliphatic rings. The summed E-state index contributed by atoms with van der Waals surface area (Å²) in [6.07, 6.45) is -1.29. The first-order valence-electron chi connectivity index (χ1n) is 10.6. The van der Waals surface area contributed by atoms with Gasteiger partial charge in [0.1, 0.15) is 0 Å². The number of amides is 2. The van der Waals surface area contributed by atoms with Crippen LogP contribution in [-0.2, 0) is 9.59 Å². The summed E-state index contributed by atoms with van der Waals surface area (Å²) in [6, 6.07) is 19.2. The van der Waals surface area contributed by atoms with Crippen molar-refractivity contribution >= 4 is 29.0 Å². The Labute approximate surface area is 194 Å². The Morgan fingerprint density at radius 3 is 2.35 bits per heavy atom. The topological polar surface area (TPSA) is 78.8 Å². The minimum absolute atomic E-state index is 0.147. The summed E-state index contributed by atoms with van der Waals surface area (Å²) >= 11 is 0. The van der Waals surface area contributed by atoms with Gasteiger partial charge in [0, 0.05) is 23.7 Å². The van der Waals surface area contributed by atoms with Gasteiger partial charge >= 0.3 is 0 Å². The molecule has 0 bridgehead atoms. The van der Waals surface area contributed by atoms with Crippen molar-refractivity contribution in [1.82, 2.24) is 5.32 Å². The molecule has 2 atom stereocenters. The van der Waals surface area contributed by atoms with Gasteiger partial charge in [-0.1, -0.05) is 48.5 Å². The lowest BCUT2D eigenvalue weighted by Crippen LogP contribution is -2.48. The number of hydrogen-bond donors (Lipinski definition) is 1. The first-order chi connectivity index (χ1) is 16.3. The molecule has 0 aromatic heterocycles. The molecule has 0 aliphatic carbocycles. The minimum atomic E-state index is -1.29. The van der Waals surface area contributed by atoms with Crippen LogP contribution in [-0.4, -0.2) is 36.5 Å². The van der Waals surface area contributed by atoms with Crippen molar-refractivity contribution in [3.05, 3.63) is 101 Å². The first-order valence-corrected chi connectivity index (χ1v) is 10.6. The maximum absolute atomic E-state index is 13.6. The number of nitrogens with zero attached hydrogens (tertiary/aromatic N) is 2. The molecular weight excluding hydrogens is 440 g/mol. The van der Waals surface area contributed by atoms with Gasteiger partial charge in [-0.25, -0.2) is 13.8 Å². The molecule has 6 nitrogen and oxygen atoms in total. The molecule has 172 valence electrons. The van der Waals surface area contributed by atoms with Gasteiger partial charge in [-0.3, -0.25) is 14.4 Å². The van der Waals surface area contributed by atoms with Gasteiger partial charge in [0.2, 0.25) is 12.1 Å². The predicted octanol–water partition coefficient (Wildman–Crippen LogP) is 3.74. The van der Waals surface area contributed by atoms with E-state index < -0.39 is 41.3 Å². The minimum Gasteiger partial charge on any atom is -0.326 e. The second-order valence-electron chi connectivity index (χ2n) is 7.88. The van der Waals surface area contributed by atoms with Crippen LogP contribution in [0.4, 0.5) is 14.5 Å². The van der Waals surface area contributed by atoms with Gasteiger partial charge in [0.05, 0.1) is 17.3 Å². The predicted molar refractivity (Wildman–Crippen MR) is 124 cm³/mol. The van der Waals surface area contributed by atoms with Gasteiger partial charge in [-0.15, -0.1) is 0 Å². The smallest absolute Gasteiger partial charge is 0.272 e. The average Bonchev–Trinajstić information content (AvgIpc) is 2.96. The number of para-hydroxylation sites is 1. The van der Waals surface area contributed by atoms with Crippen LogP contribution in [0.25, 0.3) is 0 Å². The SMILES string of the molecule is CC(C(=O)N[C@H]1N=C(c2ccccc2)c2ccccc2N(C)C1=O)C(=O)c1ccc(F)c(F)c1. The Morgan fingerprint density at radius 2 is 1.65 bits per heavy atom. The number of anilines is 1. The van der Waals surface area contributed by atoms with Crippen LogP contribution in [0.2, 0.25) is 0 Å². The van der Waals surface area contributed by atoms with Crippen molar-refractivity contribution in [2.45, 2.75) is 13.1 Å². The highest BCUT2D eigenvalue weighted by molar-refractivity contribution is 6.20. The summed E-state index contributed by atoms with van der Waals surface area (Å²) in [7, 11) is 1.58. The maximum atomic E-state index is 13.6. The molecule has 0 saturated carbocycles. The average molecular weight is 461 g/mol. The molecule has 1 heterocycles. The van der Waals surface area contributed by atoms with Crippen LogP contribution < -0.4 is 10.2 Å². The largest absolute Gasteiger partial charge is 0.326 e. The summed E-state index contributed by atoms with van der Waals surface area (Å²) in [6.45, 7) is 1.33. The van der Waals surface area contributed by atoms with Gasteiger partial charge in [0.15, 0.2) is 17.4 Å². The molecule has 0 radical (unpaired) electrons. The number of fused-ring (bicyclic) bond motifs is 1. The third kappa shape index (κ3) is 4.34. The quantitative estimate of drug-likeness (QED) is 0.465. The maximum Gasteiger partial charge on any atom is 0.272 e. The number of hydrogen-bond acceptors (Lipinski definition) is 4. The Balaban J connectivity index is 1.66. The van der Waals surface area contributed by atoms with E-state index in [0.717, 1.165) is 23.8 Å². The molecule has 1 aliphatic heterocycles. The standard InChI is InChI=1S/C26H21F2N3O3/c1-15(23(32)17-12-13-19(27)20(28)14-17)25(33)30-24-26(34)31(2)21-11-7-6-10-18(21)22(29-24)16-8-4-3-5-9-16/h3-15,24H,1-2H3,(H,30,33)/t15?,24-/m1/s1. The van der Waals surface area contributed by atoms with E-state index in [4.69, 9.17) is 0 Å². The summed E-state index contributed by atoms with van der Waals surface area (Å²) in [4.78, 5) is 44.8. The number of benzene rings is 3. The number of benzodiazepines with no additional fused rings is 1. The number of halogens is 2. The zero-order chi connectivity index (χ0) is 24.4. The number of likely N-dealkylation sites (N-methyl/N-ethyl adjacent to an activating group) is 1. The summed E-state index contributed by atoms with van der Waals surface area (Å²) < 4.78 is 26.8. The third-order valence-electron chi connectivity index (χ3n) is 5.66. The molecule has 34 heavy (non-hydrogen) atoms. The molecule has 3 aromatic rings. The number of Topliss-reactive ketones (excluding diaryl/α,β-unsaturated/α-hetero) is 1. The lowest BCUT2D eigenvalue weighted by atomic mass is 9.98. The van der Waals surface area contributed by atoms with Crippen molar-refractivity contribution in [1.29, 1.82) is 0 Å². The van der Waals surface area contributed by atoms with Crippen molar-refractivity contribution in [3.8, 4) is 0 Å². The second kappa shape index (κ2) is 9.35. The molecule has 0 saturated heterocycles. The number of nitrogens with one attached hydrogen (secondary N) is 1. The molecule has 2 amide bonds. The molecule has 3 aromatic carbocycles. The van der Waals surface area contributed by atoms with Gasteiger partial charge in [-0.05, 0) is 31.2 Å². The number of aliphatic imine (C=N–C) groups is 1. The molecule has 1 unspecified atom stereocenters. The van der Waals surface area contributed by atoms with Crippen LogP contribution in [0.5, 0.6) is 0 Å². The summed E-state index contributed by atoms with van der Waals surface area (Å²) in [5.74, 6) is -5.50. The Bertz CT molecular complexity index is 1310. The Hall–Kier alpha value is -4.20. The molecule has 8 heteroatoms. The van der Waals surface area contributed by atoms with E-state index in [9.17, 15) is 23.2 Å². The zero-order valence-corrected chi connectivity index (χ0v) is 18.5. The van der Waals surface area contributed by atoms with E-state index >= 15 is 0 Å². The lowest BCUT2D eigenvalue weighted by molar-refractivity contribution is -0.128. The van der Waals surface area contributed by atoms with Crippen molar-refractivity contribution in [3.63, 3.8) is 0 Å². The van der Waals surface area contributed by atoms with Crippen molar-refractivity contribution in [2.75, 3.05) is 11.9 Å². The summed E-state index contributed by atoms with van der Waals surface area (Å²) in [5, 5.41) is 2.54. The van der Waals surface area contributed by atoms with Crippen LogP contribution >= 0.6 is 0 Å². The van der Waals surface area contributed by atoms with Crippen LogP contribution in [0.3, 0.4) is 0 Å². The second-order valence-corrected chi connectivity index (χ2v) is 7.88. The highest BCUT2D eigenvalue weighted by Crippen LogP contribution is 2.27. The summed E-state index contributed by atoms with van der Waals surface area (Å²) in [5.41, 5.74) is 2.46. The van der Waals surface area contributed by atoms with Gasteiger partial charge in [0.25, 0.3) is 5.91 Å². The number of rotatable bonds is 5. The van der Waals surface area contributed by atoms with Crippen molar-refractivity contribution < 1.29 is 23.2 Å². The fraction of sp³-hybridized carbons (Fsp3) is 0.154. The molecule has 0 spiro atoms. The van der Waals surface area contributed by atoms with Gasteiger partial charge in [-0.2, -0.15) is 0 Å². The highest BCUT2D eigenvalue weighted by Gasteiger charge is 2.33.